The van der Waals surface area contributed by atoms with Crippen LogP contribution in [0.3, 0.4) is 0 Å². The van der Waals surface area contributed by atoms with Gasteiger partial charge in [0.2, 0.25) is 0 Å². The predicted molar refractivity (Wildman–Crippen MR) is 66.0 cm³/mol. The van der Waals surface area contributed by atoms with Gasteiger partial charge >= 0.3 is 0 Å². The van der Waals surface area contributed by atoms with Crippen LogP contribution in [0.5, 0.6) is 0 Å². The van der Waals surface area contributed by atoms with E-state index in [1.807, 2.05) is 0 Å². The lowest BCUT2D eigenvalue weighted by atomic mass is 10.2. The highest BCUT2D eigenvalue weighted by Gasteiger charge is 2.06. The summed E-state index contributed by atoms with van der Waals surface area (Å²) >= 11 is 0. The fraction of sp³-hybridized carbons (Fsp3) is 0.818. The number of hydrogen-bond acceptors (Lipinski definition) is 2. The molecule has 14 heavy (non-hydrogen) atoms. The van der Waals surface area contributed by atoms with Crippen molar-refractivity contribution in [1.29, 1.82) is 0 Å². The van der Waals surface area contributed by atoms with Crippen LogP contribution in [-0.2, 0) is 4.43 Å². The van der Waals surface area contributed by atoms with Crippen molar-refractivity contribution >= 4 is 9.76 Å². The van der Waals surface area contributed by atoms with Gasteiger partial charge in [-0.1, -0.05) is 31.5 Å². The van der Waals surface area contributed by atoms with Crippen LogP contribution in [-0.4, -0.2) is 22.4 Å². The second kappa shape index (κ2) is 9.43. The molecule has 2 N–H and O–H groups in total. The third-order valence-corrected chi connectivity index (χ3v) is 4.21. The van der Waals surface area contributed by atoms with E-state index >= 15 is 0 Å². The molecule has 0 aliphatic carbocycles. The summed E-state index contributed by atoms with van der Waals surface area (Å²) in [7, 11) is -0.483. The molecule has 0 aromatic heterocycles. The lowest BCUT2D eigenvalue weighted by Gasteiger charge is -2.16. The molecule has 0 bridgehead atoms. The highest BCUT2D eigenvalue weighted by atomic mass is 28.2. The van der Waals surface area contributed by atoms with Crippen LogP contribution in [0.4, 0.5) is 0 Å². The van der Waals surface area contributed by atoms with Crippen molar-refractivity contribution in [2.45, 2.75) is 52.6 Å². The molecule has 0 heterocycles. The van der Waals surface area contributed by atoms with Gasteiger partial charge in [-0.15, -0.1) is 0 Å². The Morgan fingerprint density at radius 1 is 1.50 bits per heavy atom. The second-order valence-corrected chi connectivity index (χ2v) is 5.15. The van der Waals surface area contributed by atoms with E-state index in [0.717, 1.165) is 19.4 Å². The van der Waals surface area contributed by atoms with Crippen molar-refractivity contribution < 1.29 is 4.43 Å². The molecule has 0 radical (unpaired) electrons. The van der Waals surface area contributed by atoms with E-state index in [2.05, 4.69) is 26.8 Å². The quantitative estimate of drug-likeness (QED) is 0.628. The highest BCUT2D eigenvalue weighted by Crippen LogP contribution is 2.08. The topological polar surface area (TPSA) is 35.2 Å². The third kappa shape index (κ3) is 6.35. The molecular formula is C11H25NOSi. The van der Waals surface area contributed by atoms with Crippen molar-refractivity contribution in [2.75, 3.05) is 6.54 Å². The number of rotatable bonds is 8. The predicted octanol–water partition coefficient (Wildman–Crippen LogP) is 1.92. The molecule has 0 saturated carbocycles. The molecule has 0 aromatic rings. The Morgan fingerprint density at radius 3 is 2.64 bits per heavy atom. The molecule has 0 aliphatic heterocycles. The van der Waals surface area contributed by atoms with Crippen LogP contribution < -0.4 is 5.73 Å². The van der Waals surface area contributed by atoms with Gasteiger partial charge in [-0.2, -0.15) is 0 Å². The van der Waals surface area contributed by atoms with Gasteiger partial charge in [-0.3, -0.25) is 0 Å². The Labute approximate surface area is 90.9 Å². The standard InChI is InChI=1S/C11H25NOSi/c1-4-7-10(5-2)13-14-11(6-3)8-9-12/h6,10H,4-5,7-9,12,14H2,1-3H3. The molecule has 0 rings (SSSR count). The summed E-state index contributed by atoms with van der Waals surface area (Å²) in [6.45, 7) is 7.25. The van der Waals surface area contributed by atoms with E-state index in [1.54, 1.807) is 0 Å². The zero-order valence-electron chi connectivity index (χ0n) is 9.88. The van der Waals surface area contributed by atoms with Crippen LogP contribution >= 0.6 is 0 Å². The Balaban J connectivity index is 3.76. The van der Waals surface area contributed by atoms with Gasteiger partial charge in [0.15, 0.2) is 9.76 Å². The van der Waals surface area contributed by atoms with Gasteiger partial charge in [0.05, 0.1) is 0 Å². The van der Waals surface area contributed by atoms with Crippen LogP contribution in [0.15, 0.2) is 11.3 Å². The molecule has 0 fully saturated rings. The average molecular weight is 215 g/mol. The maximum Gasteiger partial charge on any atom is 0.188 e. The molecule has 0 aromatic carbocycles. The van der Waals surface area contributed by atoms with E-state index in [9.17, 15) is 0 Å². The first kappa shape index (κ1) is 13.9. The van der Waals surface area contributed by atoms with Crippen molar-refractivity contribution in [1.82, 2.24) is 0 Å². The molecule has 0 saturated heterocycles. The van der Waals surface area contributed by atoms with Crippen molar-refractivity contribution in [3.63, 3.8) is 0 Å². The zero-order valence-corrected chi connectivity index (χ0v) is 11.3. The van der Waals surface area contributed by atoms with E-state index in [-0.39, 0.29) is 0 Å². The first-order valence-electron chi connectivity index (χ1n) is 5.74. The van der Waals surface area contributed by atoms with Gasteiger partial charge in [0.25, 0.3) is 0 Å². The Hall–Kier alpha value is -0.123. The molecule has 0 spiro atoms. The number of nitrogens with two attached hydrogens (primary N) is 1. The van der Waals surface area contributed by atoms with E-state index in [4.69, 9.17) is 10.2 Å². The summed E-state index contributed by atoms with van der Waals surface area (Å²) in [6.07, 6.45) is 7.24. The minimum atomic E-state index is -0.483. The van der Waals surface area contributed by atoms with E-state index in [1.165, 1.54) is 18.0 Å². The summed E-state index contributed by atoms with van der Waals surface area (Å²) in [6, 6.07) is 0. The van der Waals surface area contributed by atoms with Crippen LogP contribution in [0, 0.1) is 0 Å². The molecule has 3 heteroatoms. The summed E-state index contributed by atoms with van der Waals surface area (Å²) in [5.74, 6) is 0. The third-order valence-electron chi connectivity index (χ3n) is 2.44. The van der Waals surface area contributed by atoms with Crippen LogP contribution in [0.25, 0.3) is 0 Å². The van der Waals surface area contributed by atoms with Crippen LogP contribution in [0.2, 0.25) is 0 Å². The van der Waals surface area contributed by atoms with Gasteiger partial charge in [0, 0.05) is 6.10 Å². The summed E-state index contributed by atoms with van der Waals surface area (Å²) in [5.41, 5.74) is 5.53. The fourth-order valence-electron chi connectivity index (χ4n) is 1.44. The normalized spacial score (nSPS) is 15.3. The van der Waals surface area contributed by atoms with Crippen molar-refractivity contribution in [2.24, 2.45) is 5.73 Å². The average Bonchev–Trinajstić information content (AvgIpc) is 2.22. The monoisotopic (exact) mass is 215 g/mol. The fourth-order valence-corrected chi connectivity index (χ4v) is 2.80. The maximum absolute atomic E-state index is 5.95. The molecule has 1 atom stereocenters. The first-order valence-corrected chi connectivity index (χ1v) is 7.02. The van der Waals surface area contributed by atoms with Gasteiger partial charge in [-0.25, -0.2) is 0 Å². The summed E-state index contributed by atoms with van der Waals surface area (Å²) in [4.78, 5) is 0. The Bertz CT molecular complexity index is 159. The van der Waals surface area contributed by atoms with Gasteiger partial charge in [-0.05, 0) is 32.7 Å². The Kier molecular flexibility index (Phi) is 9.35. The Morgan fingerprint density at radius 2 is 2.21 bits per heavy atom. The smallest absolute Gasteiger partial charge is 0.188 e. The molecule has 0 aliphatic rings. The molecule has 2 nitrogen and oxygen atoms in total. The second-order valence-electron chi connectivity index (χ2n) is 3.62. The number of hydrogen-bond donors (Lipinski definition) is 1. The lowest BCUT2D eigenvalue weighted by Crippen LogP contribution is -2.17. The van der Waals surface area contributed by atoms with Crippen LogP contribution in [0.1, 0.15) is 46.5 Å². The van der Waals surface area contributed by atoms with Gasteiger partial charge < -0.3 is 10.2 Å². The molecule has 0 amide bonds. The first-order chi connectivity index (χ1) is 6.78. The number of allylic oxidation sites excluding steroid dienone is 1. The van der Waals surface area contributed by atoms with E-state index < -0.39 is 9.76 Å². The van der Waals surface area contributed by atoms with Crippen molar-refractivity contribution in [3.05, 3.63) is 11.3 Å². The zero-order chi connectivity index (χ0) is 10.8. The largest absolute Gasteiger partial charge is 0.416 e. The maximum atomic E-state index is 5.95. The summed E-state index contributed by atoms with van der Waals surface area (Å²) < 4.78 is 5.95. The lowest BCUT2D eigenvalue weighted by molar-refractivity contribution is 0.197. The molecular weight excluding hydrogens is 190 g/mol. The van der Waals surface area contributed by atoms with Gasteiger partial charge in [0.1, 0.15) is 0 Å². The minimum absolute atomic E-state index is 0.483. The van der Waals surface area contributed by atoms with Crippen molar-refractivity contribution in [3.8, 4) is 0 Å². The molecule has 1 unspecified atom stereocenters. The molecule has 84 valence electrons. The SMILES string of the molecule is CC=C(CCN)[SiH2]OC(CC)CCC. The highest BCUT2D eigenvalue weighted by molar-refractivity contribution is 6.38. The van der Waals surface area contributed by atoms with E-state index in [0.29, 0.717) is 6.10 Å². The summed E-state index contributed by atoms with van der Waals surface area (Å²) in [5, 5.41) is 1.46. The minimum Gasteiger partial charge on any atom is -0.416 e.